The van der Waals surface area contributed by atoms with Crippen molar-refractivity contribution in [1.29, 1.82) is 0 Å². The molecule has 0 aliphatic heterocycles. The highest BCUT2D eigenvalue weighted by Crippen LogP contribution is 2.19. The van der Waals surface area contributed by atoms with E-state index in [1.807, 2.05) is 28.8 Å². The molecule has 0 saturated carbocycles. The highest BCUT2D eigenvalue weighted by molar-refractivity contribution is 5.39. The third kappa shape index (κ3) is 3.16. The van der Waals surface area contributed by atoms with Crippen LogP contribution in [0.3, 0.4) is 0 Å². The van der Waals surface area contributed by atoms with Crippen LogP contribution < -0.4 is 5.32 Å². The van der Waals surface area contributed by atoms with Gasteiger partial charge in [0.05, 0.1) is 17.6 Å². The van der Waals surface area contributed by atoms with Gasteiger partial charge in [0.25, 0.3) is 0 Å². The monoisotopic (exact) mass is 261 g/mol. The maximum Gasteiger partial charge on any atom is 0.0729 e. The maximum absolute atomic E-state index is 4.51. The molecular formula is C14H23N5. The van der Waals surface area contributed by atoms with Gasteiger partial charge >= 0.3 is 0 Å². The van der Waals surface area contributed by atoms with E-state index in [-0.39, 0.29) is 0 Å². The number of aryl methyl sites for hydroxylation is 1. The Labute approximate surface area is 114 Å². The molecule has 0 atom stereocenters. The van der Waals surface area contributed by atoms with Crippen molar-refractivity contribution in [2.75, 3.05) is 5.32 Å². The summed E-state index contributed by atoms with van der Waals surface area (Å²) < 4.78 is 3.83. The van der Waals surface area contributed by atoms with Crippen molar-refractivity contribution < 1.29 is 0 Å². The summed E-state index contributed by atoms with van der Waals surface area (Å²) in [5.41, 5.74) is 3.45. The molecular weight excluding hydrogens is 238 g/mol. The number of nitrogens with one attached hydrogen (secondary N) is 1. The molecule has 0 aliphatic rings. The van der Waals surface area contributed by atoms with Gasteiger partial charge in [-0.1, -0.05) is 13.8 Å². The number of anilines is 1. The van der Waals surface area contributed by atoms with Crippen molar-refractivity contribution in [2.24, 2.45) is 7.05 Å². The van der Waals surface area contributed by atoms with Crippen LogP contribution in [0.15, 0.2) is 18.6 Å². The second-order valence-corrected chi connectivity index (χ2v) is 5.52. The second-order valence-electron chi connectivity index (χ2n) is 5.52. The van der Waals surface area contributed by atoms with Crippen LogP contribution in [0.1, 0.15) is 50.9 Å². The lowest BCUT2D eigenvalue weighted by molar-refractivity contribution is 0.532. The van der Waals surface area contributed by atoms with E-state index in [1.54, 1.807) is 0 Å². The Morgan fingerprint density at radius 2 is 1.95 bits per heavy atom. The van der Waals surface area contributed by atoms with E-state index in [0.29, 0.717) is 12.0 Å². The van der Waals surface area contributed by atoms with Gasteiger partial charge in [-0.2, -0.15) is 10.2 Å². The van der Waals surface area contributed by atoms with Crippen LogP contribution in [-0.2, 0) is 13.6 Å². The third-order valence-corrected chi connectivity index (χ3v) is 3.10. The maximum atomic E-state index is 4.51. The average Bonchev–Trinajstić information content (AvgIpc) is 2.92. The molecule has 2 aromatic heterocycles. The number of hydrogen-bond acceptors (Lipinski definition) is 3. The lowest BCUT2D eigenvalue weighted by atomic mass is 10.1. The summed E-state index contributed by atoms with van der Waals surface area (Å²) in [6, 6.07) is 0.389. The van der Waals surface area contributed by atoms with Crippen LogP contribution >= 0.6 is 0 Å². The van der Waals surface area contributed by atoms with Crippen LogP contribution in [0.5, 0.6) is 0 Å². The molecule has 2 aromatic rings. The Kier molecular flexibility index (Phi) is 3.93. The first-order valence-corrected chi connectivity index (χ1v) is 6.77. The van der Waals surface area contributed by atoms with Gasteiger partial charge in [0, 0.05) is 37.6 Å². The summed E-state index contributed by atoms with van der Waals surface area (Å²) >= 11 is 0. The van der Waals surface area contributed by atoms with E-state index in [2.05, 4.69) is 49.4 Å². The highest BCUT2D eigenvalue weighted by atomic mass is 15.3. The molecule has 19 heavy (non-hydrogen) atoms. The van der Waals surface area contributed by atoms with Crippen molar-refractivity contribution >= 4 is 5.69 Å². The van der Waals surface area contributed by atoms with Crippen molar-refractivity contribution in [2.45, 2.75) is 46.2 Å². The fourth-order valence-electron chi connectivity index (χ4n) is 2.09. The smallest absolute Gasteiger partial charge is 0.0729 e. The summed E-state index contributed by atoms with van der Waals surface area (Å²) in [5, 5.41) is 12.2. The largest absolute Gasteiger partial charge is 0.378 e. The van der Waals surface area contributed by atoms with Gasteiger partial charge in [-0.15, -0.1) is 0 Å². The number of nitrogens with zero attached hydrogens (tertiary/aromatic N) is 4. The minimum absolute atomic E-state index is 0.389. The lowest BCUT2D eigenvalue weighted by Gasteiger charge is -2.06. The molecule has 0 fully saturated rings. The number of aromatic nitrogens is 4. The van der Waals surface area contributed by atoms with Crippen LogP contribution in [0.25, 0.3) is 0 Å². The molecule has 5 heteroatoms. The molecule has 2 rings (SSSR count). The summed E-state index contributed by atoms with van der Waals surface area (Å²) in [6.07, 6.45) is 5.98. The van der Waals surface area contributed by atoms with E-state index < -0.39 is 0 Å². The Bertz CT molecular complexity index is 536. The molecule has 0 spiro atoms. The fraction of sp³-hybridized carbons (Fsp3) is 0.571. The Balaban J connectivity index is 2.05. The van der Waals surface area contributed by atoms with Crippen LogP contribution in [0, 0.1) is 0 Å². The zero-order valence-electron chi connectivity index (χ0n) is 12.4. The van der Waals surface area contributed by atoms with Gasteiger partial charge in [0.2, 0.25) is 0 Å². The van der Waals surface area contributed by atoms with E-state index >= 15 is 0 Å². The first-order valence-electron chi connectivity index (χ1n) is 6.77. The summed E-state index contributed by atoms with van der Waals surface area (Å²) in [6.45, 7) is 9.36. The zero-order valence-corrected chi connectivity index (χ0v) is 12.4. The Morgan fingerprint density at radius 3 is 2.53 bits per heavy atom. The summed E-state index contributed by atoms with van der Waals surface area (Å²) in [4.78, 5) is 0. The molecule has 5 nitrogen and oxygen atoms in total. The van der Waals surface area contributed by atoms with Gasteiger partial charge in [-0.3, -0.25) is 9.36 Å². The van der Waals surface area contributed by atoms with Crippen molar-refractivity contribution in [3.63, 3.8) is 0 Å². The van der Waals surface area contributed by atoms with Gasteiger partial charge < -0.3 is 5.32 Å². The Hall–Kier alpha value is -1.78. The molecule has 0 aromatic carbocycles. The van der Waals surface area contributed by atoms with Gasteiger partial charge in [-0.25, -0.2) is 0 Å². The van der Waals surface area contributed by atoms with Crippen LogP contribution in [0.2, 0.25) is 0 Å². The van der Waals surface area contributed by atoms with E-state index in [1.165, 1.54) is 5.56 Å². The minimum Gasteiger partial charge on any atom is -0.378 e. The van der Waals surface area contributed by atoms with E-state index in [9.17, 15) is 0 Å². The average molecular weight is 261 g/mol. The molecule has 0 amide bonds. The molecule has 2 heterocycles. The van der Waals surface area contributed by atoms with Gasteiger partial charge in [0.15, 0.2) is 0 Å². The minimum atomic E-state index is 0.389. The van der Waals surface area contributed by atoms with Gasteiger partial charge in [0.1, 0.15) is 0 Å². The predicted octanol–water partition coefficient (Wildman–Crippen LogP) is 2.93. The second kappa shape index (κ2) is 5.47. The first kappa shape index (κ1) is 13.6. The normalized spacial score (nSPS) is 11.5. The SMILES string of the molecule is CC(C)c1nn(C)cc1CNc1cnn(C(C)C)c1. The van der Waals surface area contributed by atoms with Crippen LogP contribution in [0.4, 0.5) is 5.69 Å². The quantitative estimate of drug-likeness (QED) is 0.900. The molecule has 0 aliphatic carbocycles. The van der Waals surface area contributed by atoms with Crippen molar-refractivity contribution in [1.82, 2.24) is 19.6 Å². The summed E-state index contributed by atoms with van der Waals surface area (Å²) in [5.74, 6) is 0.441. The first-order chi connectivity index (χ1) is 8.97. The topological polar surface area (TPSA) is 47.7 Å². The highest BCUT2D eigenvalue weighted by Gasteiger charge is 2.11. The van der Waals surface area contributed by atoms with E-state index in [0.717, 1.165) is 17.9 Å². The Morgan fingerprint density at radius 1 is 1.21 bits per heavy atom. The molecule has 1 N–H and O–H groups in total. The summed E-state index contributed by atoms with van der Waals surface area (Å²) in [7, 11) is 1.96. The number of rotatable bonds is 5. The van der Waals surface area contributed by atoms with Crippen molar-refractivity contribution in [3.05, 3.63) is 29.8 Å². The predicted molar refractivity (Wildman–Crippen MR) is 77.2 cm³/mol. The molecule has 0 saturated heterocycles. The number of hydrogen-bond donors (Lipinski definition) is 1. The molecule has 0 radical (unpaired) electrons. The van der Waals surface area contributed by atoms with Crippen molar-refractivity contribution in [3.8, 4) is 0 Å². The van der Waals surface area contributed by atoms with Crippen LogP contribution in [-0.4, -0.2) is 19.6 Å². The van der Waals surface area contributed by atoms with Gasteiger partial charge in [-0.05, 0) is 19.8 Å². The zero-order chi connectivity index (χ0) is 14.0. The molecule has 0 unspecified atom stereocenters. The lowest BCUT2D eigenvalue weighted by Crippen LogP contribution is -2.02. The fourth-order valence-corrected chi connectivity index (χ4v) is 2.09. The molecule has 0 bridgehead atoms. The van der Waals surface area contributed by atoms with E-state index in [4.69, 9.17) is 0 Å². The standard InChI is InChI=1S/C14H23N5/c1-10(2)14-12(8-18(5)17-14)6-15-13-7-16-19(9-13)11(3)4/h7-11,15H,6H2,1-5H3. The third-order valence-electron chi connectivity index (χ3n) is 3.10. The molecule has 104 valence electrons.